The first-order valence-corrected chi connectivity index (χ1v) is 7.93. The third kappa shape index (κ3) is 4.46. The molecule has 0 bridgehead atoms. The largest absolute Gasteiger partial charge is 0.489 e. The van der Waals surface area contributed by atoms with Crippen molar-refractivity contribution in [2.45, 2.75) is 13.5 Å². The second kappa shape index (κ2) is 7.97. The molecule has 0 amide bonds. The predicted octanol–water partition coefficient (Wildman–Crippen LogP) is 5.02. The van der Waals surface area contributed by atoms with E-state index in [0.717, 1.165) is 17.0 Å². The first-order valence-electron chi connectivity index (χ1n) is 7.93. The standard InChI is InChI=1S/C21H20N2O/c1-17-8-5-6-10-19(17)16-24-21-13-7-9-18(14-21)15-22-23-20-11-3-2-4-12-20/h2-15,23H,16H2,1H3. The first kappa shape index (κ1) is 15.8. The summed E-state index contributed by atoms with van der Waals surface area (Å²) < 4.78 is 5.90. The molecule has 0 saturated heterocycles. The SMILES string of the molecule is Cc1ccccc1COc1cccc(C=NNc2ccccc2)c1. The van der Waals surface area contributed by atoms with Crippen molar-refractivity contribution in [3.05, 3.63) is 95.6 Å². The van der Waals surface area contributed by atoms with Gasteiger partial charge in [-0.05, 0) is 47.9 Å². The molecule has 3 aromatic rings. The number of rotatable bonds is 6. The number of nitrogens with zero attached hydrogens (tertiary/aromatic N) is 1. The van der Waals surface area contributed by atoms with Crippen LogP contribution in [0.4, 0.5) is 5.69 Å². The molecular formula is C21H20N2O. The smallest absolute Gasteiger partial charge is 0.120 e. The van der Waals surface area contributed by atoms with Crippen LogP contribution in [0.3, 0.4) is 0 Å². The van der Waals surface area contributed by atoms with Crippen LogP contribution < -0.4 is 10.2 Å². The van der Waals surface area contributed by atoms with Crippen molar-refractivity contribution in [1.29, 1.82) is 0 Å². The van der Waals surface area contributed by atoms with Crippen LogP contribution in [0, 0.1) is 6.92 Å². The monoisotopic (exact) mass is 316 g/mol. The van der Waals surface area contributed by atoms with E-state index in [0.29, 0.717) is 6.61 Å². The summed E-state index contributed by atoms with van der Waals surface area (Å²) in [6, 6.07) is 26.0. The van der Waals surface area contributed by atoms with E-state index in [1.54, 1.807) is 6.21 Å². The van der Waals surface area contributed by atoms with Gasteiger partial charge in [0.05, 0.1) is 11.9 Å². The summed E-state index contributed by atoms with van der Waals surface area (Å²) in [7, 11) is 0. The summed E-state index contributed by atoms with van der Waals surface area (Å²) in [4.78, 5) is 0. The lowest BCUT2D eigenvalue weighted by atomic mass is 10.1. The van der Waals surface area contributed by atoms with Crippen molar-refractivity contribution in [3.8, 4) is 5.75 Å². The molecule has 1 N–H and O–H groups in total. The number of nitrogens with one attached hydrogen (secondary N) is 1. The molecule has 0 spiro atoms. The lowest BCUT2D eigenvalue weighted by molar-refractivity contribution is 0.305. The van der Waals surface area contributed by atoms with Gasteiger partial charge in [0.15, 0.2) is 0 Å². The van der Waals surface area contributed by atoms with Gasteiger partial charge in [-0.15, -0.1) is 0 Å². The molecular weight excluding hydrogens is 296 g/mol. The van der Waals surface area contributed by atoms with Gasteiger partial charge in [-0.3, -0.25) is 5.43 Å². The maximum absolute atomic E-state index is 5.90. The summed E-state index contributed by atoms with van der Waals surface area (Å²) in [5, 5.41) is 4.25. The van der Waals surface area contributed by atoms with Gasteiger partial charge in [0.2, 0.25) is 0 Å². The molecule has 0 radical (unpaired) electrons. The molecule has 0 unspecified atom stereocenters. The van der Waals surface area contributed by atoms with Gasteiger partial charge in [0.1, 0.15) is 12.4 Å². The quantitative estimate of drug-likeness (QED) is 0.512. The Morgan fingerprint density at radius 3 is 2.54 bits per heavy atom. The fraction of sp³-hybridized carbons (Fsp3) is 0.0952. The van der Waals surface area contributed by atoms with Gasteiger partial charge < -0.3 is 4.74 Å². The Morgan fingerprint density at radius 1 is 0.917 bits per heavy atom. The Bertz CT molecular complexity index is 813. The number of anilines is 1. The molecule has 0 atom stereocenters. The predicted molar refractivity (Wildman–Crippen MR) is 99.6 cm³/mol. The van der Waals surface area contributed by atoms with Crippen molar-refractivity contribution in [2.24, 2.45) is 5.10 Å². The average Bonchev–Trinajstić information content (AvgIpc) is 2.62. The minimum atomic E-state index is 0.565. The van der Waals surface area contributed by atoms with Crippen molar-refractivity contribution in [2.75, 3.05) is 5.43 Å². The Balaban J connectivity index is 1.60. The van der Waals surface area contributed by atoms with Crippen molar-refractivity contribution in [3.63, 3.8) is 0 Å². The molecule has 3 rings (SSSR count). The van der Waals surface area contributed by atoms with Crippen molar-refractivity contribution in [1.82, 2.24) is 0 Å². The molecule has 120 valence electrons. The minimum absolute atomic E-state index is 0.565. The van der Waals surface area contributed by atoms with Crippen LogP contribution in [0.5, 0.6) is 5.75 Å². The number of benzene rings is 3. The summed E-state index contributed by atoms with van der Waals surface area (Å²) in [5.41, 5.74) is 7.39. The van der Waals surface area contributed by atoms with Crippen molar-refractivity contribution >= 4 is 11.9 Å². The third-order valence-electron chi connectivity index (χ3n) is 3.69. The molecule has 3 heteroatoms. The van der Waals surface area contributed by atoms with E-state index in [1.165, 1.54) is 11.1 Å². The number of aryl methyl sites for hydroxylation is 1. The lowest BCUT2D eigenvalue weighted by Crippen LogP contribution is -1.98. The van der Waals surface area contributed by atoms with E-state index in [2.05, 4.69) is 29.6 Å². The van der Waals surface area contributed by atoms with E-state index >= 15 is 0 Å². The van der Waals surface area contributed by atoms with Gasteiger partial charge in [0, 0.05) is 0 Å². The van der Waals surface area contributed by atoms with Crippen molar-refractivity contribution < 1.29 is 4.74 Å². The van der Waals surface area contributed by atoms with Crippen LogP contribution in [0.1, 0.15) is 16.7 Å². The maximum Gasteiger partial charge on any atom is 0.120 e. The van der Waals surface area contributed by atoms with Crippen LogP contribution in [0.15, 0.2) is 84.0 Å². The Kier molecular flexibility index (Phi) is 5.25. The fourth-order valence-electron chi connectivity index (χ4n) is 2.31. The summed E-state index contributed by atoms with van der Waals surface area (Å²) >= 11 is 0. The van der Waals surface area contributed by atoms with E-state index in [4.69, 9.17) is 4.74 Å². The highest BCUT2D eigenvalue weighted by Gasteiger charge is 1.99. The molecule has 3 nitrogen and oxygen atoms in total. The molecule has 0 heterocycles. The van der Waals surface area contributed by atoms with E-state index in [1.807, 2.05) is 66.7 Å². The highest BCUT2D eigenvalue weighted by molar-refractivity contribution is 5.80. The van der Waals surface area contributed by atoms with E-state index in [-0.39, 0.29) is 0 Å². The van der Waals surface area contributed by atoms with Crippen LogP contribution in [-0.2, 0) is 6.61 Å². The molecule has 0 aromatic heterocycles. The van der Waals surface area contributed by atoms with E-state index < -0.39 is 0 Å². The average molecular weight is 316 g/mol. The molecule has 3 aromatic carbocycles. The summed E-state index contributed by atoms with van der Waals surface area (Å²) in [5.74, 6) is 0.835. The molecule has 0 fully saturated rings. The number of hydrogen-bond acceptors (Lipinski definition) is 3. The summed E-state index contributed by atoms with van der Waals surface area (Å²) in [6.45, 7) is 2.66. The zero-order chi connectivity index (χ0) is 16.6. The van der Waals surface area contributed by atoms with Gasteiger partial charge >= 0.3 is 0 Å². The molecule has 0 saturated carbocycles. The van der Waals surface area contributed by atoms with Crippen LogP contribution >= 0.6 is 0 Å². The van der Waals surface area contributed by atoms with E-state index in [9.17, 15) is 0 Å². The Hall–Kier alpha value is -3.07. The van der Waals surface area contributed by atoms with Crippen LogP contribution in [0.2, 0.25) is 0 Å². The lowest BCUT2D eigenvalue weighted by Gasteiger charge is -2.09. The Morgan fingerprint density at radius 2 is 1.71 bits per heavy atom. The van der Waals surface area contributed by atoms with Gasteiger partial charge in [-0.2, -0.15) is 5.10 Å². The summed E-state index contributed by atoms with van der Waals surface area (Å²) in [6.07, 6.45) is 1.79. The third-order valence-corrected chi connectivity index (χ3v) is 3.69. The van der Waals surface area contributed by atoms with Crippen LogP contribution in [0.25, 0.3) is 0 Å². The fourth-order valence-corrected chi connectivity index (χ4v) is 2.31. The van der Waals surface area contributed by atoms with Gasteiger partial charge in [-0.25, -0.2) is 0 Å². The number of hydrogen-bond donors (Lipinski definition) is 1. The number of ether oxygens (including phenoxy) is 1. The van der Waals surface area contributed by atoms with Gasteiger partial charge in [0.25, 0.3) is 0 Å². The normalized spacial score (nSPS) is 10.7. The molecule has 0 aliphatic carbocycles. The zero-order valence-corrected chi connectivity index (χ0v) is 13.6. The highest BCUT2D eigenvalue weighted by Crippen LogP contribution is 2.16. The topological polar surface area (TPSA) is 33.6 Å². The molecule has 0 aliphatic rings. The van der Waals surface area contributed by atoms with Gasteiger partial charge in [-0.1, -0.05) is 54.6 Å². The van der Waals surface area contributed by atoms with Crippen LogP contribution in [-0.4, -0.2) is 6.21 Å². The minimum Gasteiger partial charge on any atom is -0.489 e. The highest BCUT2D eigenvalue weighted by atomic mass is 16.5. The number of para-hydroxylation sites is 1. The molecule has 0 aliphatic heterocycles. The first-order chi connectivity index (χ1) is 11.8. The number of hydrazone groups is 1. The zero-order valence-electron chi connectivity index (χ0n) is 13.6. The maximum atomic E-state index is 5.90. The second-order valence-corrected chi connectivity index (χ2v) is 5.52. The molecule has 24 heavy (non-hydrogen) atoms. The second-order valence-electron chi connectivity index (χ2n) is 5.52. The Labute approximate surface area is 142 Å².